The molecule has 2 aliphatic rings. The predicted molar refractivity (Wildman–Crippen MR) is 152 cm³/mol. The van der Waals surface area contributed by atoms with Crippen LogP contribution >= 0.6 is 11.6 Å². The molecule has 0 bridgehead atoms. The monoisotopic (exact) mass is 607 g/mol. The van der Waals surface area contributed by atoms with Gasteiger partial charge in [-0.1, -0.05) is 17.7 Å². The Morgan fingerprint density at radius 3 is 2.63 bits per heavy atom. The molecular formula is C29H28ClF2N9O2. The largest absolute Gasteiger partial charge is 0.472 e. The Hall–Kier alpha value is -4.07. The number of aromatic amines is 1. The summed E-state index contributed by atoms with van der Waals surface area (Å²) in [5, 5.41) is 7.07. The van der Waals surface area contributed by atoms with Crippen LogP contribution in [0.4, 0.5) is 8.78 Å². The summed E-state index contributed by atoms with van der Waals surface area (Å²) in [5.41, 5.74) is 2.83. The zero-order valence-electron chi connectivity index (χ0n) is 23.1. The van der Waals surface area contributed by atoms with Crippen molar-refractivity contribution in [2.24, 2.45) is 0 Å². The lowest BCUT2D eigenvalue weighted by Gasteiger charge is -2.32. The van der Waals surface area contributed by atoms with Gasteiger partial charge in [-0.15, -0.1) is 0 Å². The molecule has 0 radical (unpaired) electrons. The zero-order valence-corrected chi connectivity index (χ0v) is 23.8. The third-order valence-corrected chi connectivity index (χ3v) is 8.09. The van der Waals surface area contributed by atoms with Crippen molar-refractivity contribution in [3.05, 3.63) is 76.9 Å². The Morgan fingerprint density at radius 1 is 1.02 bits per heavy atom. The number of imidazole rings is 1. The van der Waals surface area contributed by atoms with Crippen molar-refractivity contribution in [2.45, 2.75) is 51.0 Å². The third kappa shape index (κ3) is 6.05. The van der Waals surface area contributed by atoms with Gasteiger partial charge in [-0.3, -0.25) is 15.0 Å². The summed E-state index contributed by atoms with van der Waals surface area (Å²) in [6, 6.07) is 6.32. The maximum absolute atomic E-state index is 14.6. The minimum Gasteiger partial charge on any atom is -0.472 e. The maximum atomic E-state index is 14.6. The topological polar surface area (TPSA) is 120 Å². The van der Waals surface area contributed by atoms with Crippen molar-refractivity contribution in [1.82, 2.24) is 44.6 Å². The van der Waals surface area contributed by atoms with Gasteiger partial charge in [-0.2, -0.15) is 14.5 Å². The Morgan fingerprint density at radius 2 is 1.88 bits per heavy atom. The molecule has 0 saturated carbocycles. The highest BCUT2D eigenvalue weighted by atomic mass is 35.5. The first-order valence-corrected chi connectivity index (χ1v) is 14.5. The molecule has 7 rings (SSSR count). The molecule has 222 valence electrons. The van der Waals surface area contributed by atoms with Crippen LogP contribution in [0.25, 0.3) is 22.6 Å². The summed E-state index contributed by atoms with van der Waals surface area (Å²) in [5.74, 6) is 0.568. The lowest BCUT2D eigenvalue weighted by atomic mass is 10.1. The molecule has 6 heterocycles. The summed E-state index contributed by atoms with van der Waals surface area (Å²) in [6.07, 6.45) is 6.79. The van der Waals surface area contributed by atoms with E-state index in [-0.39, 0.29) is 30.3 Å². The highest BCUT2D eigenvalue weighted by Gasteiger charge is 2.26. The fourth-order valence-electron chi connectivity index (χ4n) is 5.42. The SMILES string of the molecule is Fc1cc(Cl)ccc1Cc1ncc(F)c(OC2CCN(Cc3nc4cc(-c5ncn[nH]5)ncc4n3C[C@@H]3CCO3)CC2)n1. The van der Waals surface area contributed by atoms with E-state index in [9.17, 15) is 8.78 Å². The number of aromatic nitrogens is 8. The van der Waals surface area contributed by atoms with Gasteiger partial charge in [0.15, 0.2) is 5.82 Å². The zero-order chi connectivity index (χ0) is 29.3. The lowest BCUT2D eigenvalue weighted by molar-refractivity contribution is -0.0592. The van der Waals surface area contributed by atoms with Gasteiger partial charge in [0.1, 0.15) is 35.6 Å². The van der Waals surface area contributed by atoms with E-state index in [4.69, 9.17) is 26.1 Å². The van der Waals surface area contributed by atoms with Crippen LogP contribution in [0.2, 0.25) is 5.02 Å². The van der Waals surface area contributed by atoms with Crippen molar-refractivity contribution in [2.75, 3.05) is 19.7 Å². The summed E-state index contributed by atoms with van der Waals surface area (Å²) in [4.78, 5) is 24.4. The third-order valence-electron chi connectivity index (χ3n) is 7.85. The molecule has 14 heteroatoms. The lowest BCUT2D eigenvalue weighted by Crippen LogP contribution is -2.39. The van der Waals surface area contributed by atoms with Gasteiger partial charge in [0.05, 0.1) is 42.6 Å². The highest BCUT2D eigenvalue weighted by molar-refractivity contribution is 6.30. The van der Waals surface area contributed by atoms with Crippen molar-refractivity contribution < 1.29 is 18.3 Å². The van der Waals surface area contributed by atoms with E-state index in [1.807, 2.05) is 12.3 Å². The van der Waals surface area contributed by atoms with E-state index in [1.165, 1.54) is 12.4 Å². The van der Waals surface area contributed by atoms with Crippen LogP contribution in [0.5, 0.6) is 5.88 Å². The van der Waals surface area contributed by atoms with Gasteiger partial charge in [0.2, 0.25) is 5.82 Å². The number of hydrogen-bond acceptors (Lipinski definition) is 9. The van der Waals surface area contributed by atoms with Crippen molar-refractivity contribution >= 4 is 22.6 Å². The fourth-order valence-corrected chi connectivity index (χ4v) is 5.58. The van der Waals surface area contributed by atoms with Gasteiger partial charge in [0, 0.05) is 31.1 Å². The smallest absolute Gasteiger partial charge is 0.254 e. The molecule has 2 saturated heterocycles. The first-order valence-electron chi connectivity index (χ1n) is 14.2. The molecule has 5 aromatic rings. The van der Waals surface area contributed by atoms with Crippen molar-refractivity contribution in [1.29, 1.82) is 0 Å². The number of ether oxygens (including phenoxy) is 2. The van der Waals surface area contributed by atoms with E-state index in [0.717, 1.165) is 49.2 Å². The van der Waals surface area contributed by atoms with Crippen LogP contribution in [-0.2, 0) is 24.2 Å². The van der Waals surface area contributed by atoms with E-state index < -0.39 is 11.6 Å². The van der Waals surface area contributed by atoms with Crippen LogP contribution in [0.1, 0.15) is 36.5 Å². The van der Waals surface area contributed by atoms with E-state index in [2.05, 4.69) is 39.6 Å². The molecule has 0 amide bonds. The second-order valence-corrected chi connectivity index (χ2v) is 11.2. The van der Waals surface area contributed by atoms with Crippen LogP contribution in [0.15, 0.2) is 43.0 Å². The van der Waals surface area contributed by atoms with Gasteiger partial charge in [-0.25, -0.2) is 19.3 Å². The second kappa shape index (κ2) is 11.9. The summed E-state index contributed by atoms with van der Waals surface area (Å²) >= 11 is 5.85. The first kappa shape index (κ1) is 27.7. The Labute approximate surface area is 250 Å². The number of benzene rings is 1. The number of hydrogen-bond donors (Lipinski definition) is 1. The number of nitrogens with zero attached hydrogens (tertiary/aromatic N) is 8. The number of piperidine rings is 1. The fraction of sp³-hybridized carbons (Fsp3) is 0.379. The number of fused-ring (bicyclic) bond motifs is 1. The quantitative estimate of drug-likeness (QED) is 0.261. The normalized spacial score (nSPS) is 17.8. The molecule has 1 atom stereocenters. The molecule has 2 aliphatic heterocycles. The molecule has 0 unspecified atom stereocenters. The van der Waals surface area contributed by atoms with Crippen molar-refractivity contribution in [3.8, 4) is 17.4 Å². The highest BCUT2D eigenvalue weighted by Crippen LogP contribution is 2.26. The van der Waals surface area contributed by atoms with Crippen molar-refractivity contribution in [3.63, 3.8) is 0 Å². The first-order chi connectivity index (χ1) is 21.0. The number of likely N-dealkylation sites (tertiary alicyclic amines) is 1. The number of halogens is 3. The molecular weight excluding hydrogens is 580 g/mol. The van der Waals surface area contributed by atoms with E-state index in [0.29, 0.717) is 48.0 Å². The van der Waals surface area contributed by atoms with Crippen LogP contribution in [0.3, 0.4) is 0 Å². The minimum atomic E-state index is -0.645. The predicted octanol–water partition coefficient (Wildman–Crippen LogP) is 4.36. The van der Waals surface area contributed by atoms with E-state index in [1.54, 1.807) is 12.1 Å². The second-order valence-electron chi connectivity index (χ2n) is 10.8. The molecule has 1 N–H and O–H groups in total. The molecule has 0 spiro atoms. The van der Waals surface area contributed by atoms with Gasteiger partial charge >= 0.3 is 0 Å². The Bertz CT molecular complexity index is 1740. The molecule has 1 aromatic carbocycles. The molecule has 11 nitrogen and oxygen atoms in total. The van der Waals surface area contributed by atoms with Crippen LogP contribution in [-0.4, -0.2) is 76.5 Å². The average Bonchev–Trinajstić information content (AvgIpc) is 3.63. The van der Waals surface area contributed by atoms with Crippen LogP contribution < -0.4 is 4.74 Å². The van der Waals surface area contributed by atoms with Gasteiger partial charge < -0.3 is 14.0 Å². The average molecular weight is 608 g/mol. The van der Waals surface area contributed by atoms with Gasteiger partial charge in [0.25, 0.3) is 5.88 Å². The molecule has 2 fully saturated rings. The Kier molecular flexibility index (Phi) is 7.68. The molecule has 43 heavy (non-hydrogen) atoms. The maximum Gasteiger partial charge on any atom is 0.254 e. The number of pyridine rings is 1. The number of H-pyrrole nitrogens is 1. The van der Waals surface area contributed by atoms with E-state index >= 15 is 0 Å². The number of rotatable bonds is 9. The minimum absolute atomic E-state index is 0.0976. The van der Waals surface area contributed by atoms with Gasteiger partial charge in [-0.05, 0) is 43.0 Å². The van der Waals surface area contributed by atoms with Crippen LogP contribution in [0, 0.1) is 11.6 Å². The molecule has 4 aromatic heterocycles. The molecule has 0 aliphatic carbocycles. The summed E-state index contributed by atoms with van der Waals surface area (Å²) in [7, 11) is 0. The Balaban J connectivity index is 1.02. The number of nitrogens with one attached hydrogen (secondary N) is 1. The summed E-state index contributed by atoms with van der Waals surface area (Å²) < 4.78 is 42.7. The standard InChI is InChI=1S/C29H28ClF2N9O2/c30-18-2-1-17(21(31)10-18)9-26-34-12-22(32)29(38-26)43-19-3-6-40(7-4-19)15-27-37-23-11-24(28-35-16-36-39-28)33-13-25(23)41(27)14-20-5-8-42-20/h1-2,10-13,16,19-20H,3-9,14-15H2,(H,35,36,39)/t20-/m0/s1. The summed E-state index contributed by atoms with van der Waals surface area (Å²) in [6.45, 7) is 3.62.